The maximum absolute atomic E-state index is 13.4. The monoisotopic (exact) mass is 465 g/mol. The minimum Gasteiger partial charge on any atom is -0.369 e. The molecule has 2 aromatic rings. The van der Waals surface area contributed by atoms with E-state index in [2.05, 4.69) is 16.9 Å². The van der Waals surface area contributed by atoms with Gasteiger partial charge in [0.2, 0.25) is 5.03 Å². The topological polar surface area (TPSA) is 78.8 Å². The number of hydrogen-bond donors (Lipinski definition) is 0. The number of piperazine rings is 1. The van der Waals surface area contributed by atoms with Crippen molar-refractivity contribution in [2.75, 3.05) is 44.2 Å². The molecule has 0 saturated carbocycles. The Balaban J connectivity index is 1.52. The third kappa shape index (κ3) is 4.58. The smallest absolute Gasteiger partial charge is 0.263 e. The summed E-state index contributed by atoms with van der Waals surface area (Å²) in [5, 5.41) is 4.72. The van der Waals surface area contributed by atoms with Gasteiger partial charge in [-0.3, -0.25) is 9.48 Å². The average molecular weight is 466 g/mol. The average Bonchev–Trinajstić information content (AvgIpc) is 3.16. The van der Waals surface area contributed by atoms with Crippen LogP contribution < -0.4 is 4.90 Å². The number of hydrogen-bond acceptors (Lipinski definition) is 5. The van der Waals surface area contributed by atoms with Crippen LogP contribution in [0.25, 0.3) is 0 Å². The molecule has 2 saturated heterocycles. The Kier molecular flexibility index (Phi) is 6.27. The van der Waals surface area contributed by atoms with Crippen LogP contribution in [-0.4, -0.2) is 72.6 Å². The SMILES string of the molecule is C[C@@H]1CCCN(C(=O)c2cn(C)nc2S(=O)(=O)N2CCN(c3ccc(Cl)cc3)CC2)C1. The van der Waals surface area contributed by atoms with Crippen molar-refractivity contribution in [1.29, 1.82) is 0 Å². The van der Waals surface area contributed by atoms with Gasteiger partial charge in [0.15, 0.2) is 0 Å². The predicted molar refractivity (Wildman–Crippen MR) is 120 cm³/mol. The number of sulfonamides is 1. The van der Waals surface area contributed by atoms with Gasteiger partial charge in [0, 0.05) is 63.2 Å². The molecule has 2 aliphatic heterocycles. The van der Waals surface area contributed by atoms with Crippen LogP contribution >= 0.6 is 11.6 Å². The van der Waals surface area contributed by atoms with Crippen molar-refractivity contribution in [1.82, 2.24) is 19.0 Å². The van der Waals surface area contributed by atoms with Crippen molar-refractivity contribution in [2.24, 2.45) is 13.0 Å². The second-order valence-corrected chi connectivity index (χ2v) is 10.7. The molecule has 2 aliphatic rings. The van der Waals surface area contributed by atoms with Gasteiger partial charge in [0.05, 0.1) is 5.56 Å². The van der Waals surface area contributed by atoms with Crippen molar-refractivity contribution >= 4 is 33.2 Å². The van der Waals surface area contributed by atoms with E-state index < -0.39 is 10.0 Å². The van der Waals surface area contributed by atoms with Gasteiger partial charge in [-0.15, -0.1) is 0 Å². The first-order valence-electron chi connectivity index (χ1n) is 10.6. The molecule has 31 heavy (non-hydrogen) atoms. The summed E-state index contributed by atoms with van der Waals surface area (Å²) in [4.78, 5) is 17.0. The number of carbonyl (C=O) groups is 1. The van der Waals surface area contributed by atoms with Gasteiger partial charge in [-0.25, -0.2) is 8.42 Å². The Hall–Kier alpha value is -2.10. The molecule has 0 spiro atoms. The molecule has 168 valence electrons. The summed E-state index contributed by atoms with van der Waals surface area (Å²) < 4.78 is 29.7. The van der Waals surface area contributed by atoms with Gasteiger partial charge in [0.25, 0.3) is 15.9 Å². The number of anilines is 1. The highest BCUT2D eigenvalue weighted by atomic mass is 35.5. The lowest BCUT2D eigenvalue weighted by Gasteiger charge is -2.35. The number of aromatic nitrogens is 2. The summed E-state index contributed by atoms with van der Waals surface area (Å²) in [6.45, 7) is 5.18. The zero-order chi connectivity index (χ0) is 22.2. The zero-order valence-electron chi connectivity index (χ0n) is 17.9. The second-order valence-electron chi connectivity index (χ2n) is 8.39. The number of carbonyl (C=O) groups excluding carboxylic acids is 1. The van der Waals surface area contributed by atoms with Gasteiger partial charge in [-0.2, -0.15) is 9.40 Å². The number of piperidine rings is 1. The summed E-state index contributed by atoms with van der Waals surface area (Å²) in [5.74, 6) is 0.161. The maximum atomic E-state index is 13.4. The van der Waals surface area contributed by atoms with Crippen molar-refractivity contribution in [3.8, 4) is 0 Å². The summed E-state index contributed by atoms with van der Waals surface area (Å²) >= 11 is 5.96. The van der Waals surface area contributed by atoms with Crippen LogP contribution in [0.15, 0.2) is 35.5 Å². The highest BCUT2D eigenvalue weighted by Crippen LogP contribution is 2.25. The number of amides is 1. The molecule has 0 N–H and O–H groups in total. The van der Waals surface area contributed by atoms with Gasteiger partial charge >= 0.3 is 0 Å². The normalized spacial score (nSPS) is 20.8. The Morgan fingerprint density at radius 2 is 1.77 bits per heavy atom. The Morgan fingerprint density at radius 3 is 2.42 bits per heavy atom. The summed E-state index contributed by atoms with van der Waals surface area (Å²) in [5.41, 5.74) is 1.17. The molecule has 1 aromatic carbocycles. The highest BCUT2D eigenvalue weighted by Gasteiger charge is 2.36. The lowest BCUT2D eigenvalue weighted by atomic mass is 10.00. The number of likely N-dealkylation sites (tertiary alicyclic amines) is 1. The van der Waals surface area contributed by atoms with Gasteiger partial charge in [-0.1, -0.05) is 18.5 Å². The molecule has 1 atom stereocenters. The number of halogens is 1. The van der Waals surface area contributed by atoms with Crippen LogP contribution in [-0.2, 0) is 17.1 Å². The van der Waals surface area contributed by atoms with Crippen LogP contribution in [0, 0.1) is 5.92 Å². The molecular formula is C21H28ClN5O3S. The van der Waals surface area contributed by atoms with Crippen LogP contribution in [0.4, 0.5) is 5.69 Å². The number of aryl methyl sites for hydroxylation is 1. The Labute approximate surface area is 188 Å². The second kappa shape index (κ2) is 8.80. The fraction of sp³-hybridized carbons (Fsp3) is 0.524. The lowest BCUT2D eigenvalue weighted by Crippen LogP contribution is -2.49. The van der Waals surface area contributed by atoms with Crippen LogP contribution in [0.5, 0.6) is 0 Å². The zero-order valence-corrected chi connectivity index (χ0v) is 19.4. The summed E-state index contributed by atoms with van der Waals surface area (Å²) in [6, 6.07) is 7.52. The van der Waals surface area contributed by atoms with E-state index in [1.54, 1.807) is 11.9 Å². The summed E-state index contributed by atoms with van der Waals surface area (Å²) in [6.07, 6.45) is 3.54. The summed E-state index contributed by atoms with van der Waals surface area (Å²) in [7, 11) is -2.23. The van der Waals surface area contributed by atoms with E-state index in [9.17, 15) is 13.2 Å². The van der Waals surface area contributed by atoms with Crippen molar-refractivity contribution in [2.45, 2.75) is 24.8 Å². The molecule has 0 aliphatic carbocycles. The number of nitrogens with zero attached hydrogens (tertiary/aromatic N) is 5. The fourth-order valence-corrected chi connectivity index (χ4v) is 5.97. The fourth-order valence-electron chi connectivity index (χ4n) is 4.31. The van der Waals surface area contributed by atoms with Crippen LogP contribution in [0.3, 0.4) is 0 Å². The Bertz CT molecular complexity index is 1050. The first kappa shape index (κ1) is 22.1. The van der Waals surface area contributed by atoms with Crippen molar-refractivity contribution < 1.29 is 13.2 Å². The molecule has 10 heteroatoms. The van der Waals surface area contributed by atoms with E-state index in [4.69, 9.17) is 11.6 Å². The van der Waals surface area contributed by atoms with E-state index in [0.717, 1.165) is 18.5 Å². The van der Waals surface area contributed by atoms with Crippen LogP contribution in [0.1, 0.15) is 30.1 Å². The molecule has 4 rings (SSSR count). The van der Waals surface area contributed by atoms with Gasteiger partial charge < -0.3 is 9.80 Å². The third-order valence-corrected chi connectivity index (χ3v) is 8.07. The molecular weight excluding hydrogens is 438 g/mol. The minimum atomic E-state index is -3.88. The molecule has 2 fully saturated rings. The molecule has 8 nitrogen and oxygen atoms in total. The lowest BCUT2D eigenvalue weighted by molar-refractivity contribution is 0.0679. The van der Waals surface area contributed by atoms with Crippen molar-refractivity contribution in [3.05, 3.63) is 41.0 Å². The van der Waals surface area contributed by atoms with E-state index in [1.165, 1.54) is 15.2 Å². The van der Waals surface area contributed by atoms with E-state index in [-0.39, 0.29) is 16.5 Å². The van der Waals surface area contributed by atoms with E-state index in [1.807, 2.05) is 24.3 Å². The molecule has 0 bridgehead atoms. The minimum absolute atomic E-state index is 0.141. The van der Waals surface area contributed by atoms with Gasteiger partial charge in [-0.05, 0) is 43.0 Å². The molecule has 3 heterocycles. The molecule has 0 unspecified atom stereocenters. The van der Waals surface area contributed by atoms with E-state index in [0.29, 0.717) is 50.2 Å². The number of benzene rings is 1. The Morgan fingerprint density at radius 1 is 1.10 bits per heavy atom. The van der Waals surface area contributed by atoms with E-state index >= 15 is 0 Å². The first-order valence-corrected chi connectivity index (χ1v) is 12.4. The molecule has 1 aromatic heterocycles. The number of rotatable bonds is 4. The highest BCUT2D eigenvalue weighted by molar-refractivity contribution is 7.89. The first-order chi connectivity index (χ1) is 14.8. The molecule has 0 radical (unpaired) electrons. The van der Waals surface area contributed by atoms with Crippen LogP contribution in [0.2, 0.25) is 5.02 Å². The van der Waals surface area contributed by atoms with Crippen molar-refractivity contribution in [3.63, 3.8) is 0 Å². The van der Waals surface area contributed by atoms with Gasteiger partial charge in [0.1, 0.15) is 0 Å². The quantitative estimate of drug-likeness (QED) is 0.693. The maximum Gasteiger partial charge on any atom is 0.263 e. The largest absolute Gasteiger partial charge is 0.369 e. The molecule has 1 amide bonds. The third-order valence-electron chi connectivity index (χ3n) is 5.98. The standard InChI is InChI=1S/C21H28ClN5O3S/c1-16-4-3-9-26(14-16)21(28)19-15-24(2)23-20(19)31(29,30)27-12-10-25(11-13-27)18-7-5-17(22)6-8-18/h5-8,15-16H,3-4,9-14H2,1-2H3/t16-/m1/s1. The predicted octanol–water partition coefficient (Wildman–Crippen LogP) is 2.46.